The summed E-state index contributed by atoms with van der Waals surface area (Å²) < 4.78 is 12.9. The molecule has 1 aliphatic rings. The number of aliphatic imine (C=N–C) groups is 1. The topological polar surface area (TPSA) is 35.4 Å². The average Bonchev–Trinajstić information content (AvgIpc) is 2.17. The molecule has 1 atom stereocenters. The molecule has 0 amide bonds. The van der Waals surface area contributed by atoms with Crippen molar-refractivity contribution in [2.75, 3.05) is 0 Å². The molecule has 0 aromatic heterocycles. The molecule has 1 aromatic rings. The van der Waals surface area contributed by atoms with E-state index in [0.717, 1.165) is 11.1 Å². The third-order valence-corrected chi connectivity index (χ3v) is 2.51. The first-order valence-corrected chi connectivity index (χ1v) is 4.82. The van der Waals surface area contributed by atoms with Crippen molar-refractivity contribution in [2.45, 2.75) is 19.4 Å². The third-order valence-electron chi connectivity index (χ3n) is 2.51. The van der Waals surface area contributed by atoms with Crippen LogP contribution in [0.15, 0.2) is 35.0 Å². The standard InChI is InChI=1S/C12H12FNO.Na/c1-8-6-9(13)2-3-11(8)12-7-10(15)4-5-14-12;/h2-6,12,15H,7H2,1H3;/q;+1/p-1. The van der Waals surface area contributed by atoms with Crippen molar-refractivity contribution in [3.63, 3.8) is 0 Å². The fourth-order valence-electron chi connectivity index (χ4n) is 1.74. The summed E-state index contributed by atoms with van der Waals surface area (Å²) in [6, 6.07) is 4.42. The number of nitrogens with zero attached hydrogens (tertiary/aromatic N) is 1. The van der Waals surface area contributed by atoms with Gasteiger partial charge in [0.05, 0.1) is 6.04 Å². The van der Waals surface area contributed by atoms with Crippen molar-refractivity contribution in [1.82, 2.24) is 0 Å². The van der Waals surface area contributed by atoms with E-state index in [2.05, 4.69) is 4.99 Å². The van der Waals surface area contributed by atoms with Crippen LogP contribution in [0.3, 0.4) is 0 Å². The molecule has 0 bridgehead atoms. The number of hydrogen-bond acceptors (Lipinski definition) is 2. The molecule has 4 heteroatoms. The van der Waals surface area contributed by atoms with Crippen LogP contribution in [0.2, 0.25) is 0 Å². The summed E-state index contributed by atoms with van der Waals surface area (Å²) in [6.45, 7) is 1.83. The summed E-state index contributed by atoms with van der Waals surface area (Å²) in [6.07, 6.45) is 3.37. The second-order valence-electron chi connectivity index (χ2n) is 3.65. The normalized spacial score (nSPS) is 18.9. The maximum absolute atomic E-state index is 12.9. The van der Waals surface area contributed by atoms with E-state index in [1.165, 1.54) is 24.4 Å². The summed E-state index contributed by atoms with van der Waals surface area (Å²) in [5.74, 6) is -0.187. The first-order valence-electron chi connectivity index (χ1n) is 4.82. The summed E-state index contributed by atoms with van der Waals surface area (Å²) in [7, 11) is 0. The smallest absolute Gasteiger partial charge is 0.875 e. The summed E-state index contributed by atoms with van der Waals surface area (Å²) in [5, 5.41) is 11.2. The molecule has 16 heavy (non-hydrogen) atoms. The molecule has 78 valence electrons. The van der Waals surface area contributed by atoms with Gasteiger partial charge in [-0.25, -0.2) is 4.39 Å². The second kappa shape index (κ2) is 5.62. The summed E-state index contributed by atoms with van der Waals surface area (Å²) in [4.78, 5) is 4.22. The van der Waals surface area contributed by atoms with E-state index >= 15 is 0 Å². The van der Waals surface area contributed by atoms with Crippen molar-refractivity contribution in [3.05, 3.63) is 47.0 Å². The maximum Gasteiger partial charge on any atom is 1.00 e. The van der Waals surface area contributed by atoms with Crippen LogP contribution < -0.4 is 34.7 Å². The molecule has 1 aromatic carbocycles. The van der Waals surface area contributed by atoms with Gasteiger partial charge in [0.2, 0.25) is 0 Å². The molecule has 0 saturated carbocycles. The molecule has 0 aliphatic carbocycles. The monoisotopic (exact) mass is 227 g/mol. The molecule has 1 unspecified atom stereocenters. The number of allylic oxidation sites excluding steroid dienone is 1. The van der Waals surface area contributed by atoms with E-state index in [1.807, 2.05) is 6.92 Å². The Morgan fingerprint density at radius 1 is 1.44 bits per heavy atom. The van der Waals surface area contributed by atoms with Crippen molar-refractivity contribution in [1.29, 1.82) is 0 Å². The Morgan fingerprint density at radius 2 is 2.19 bits per heavy atom. The van der Waals surface area contributed by atoms with Gasteiger partial charge in [-0.2, -0.15) is 0 Å². The van der Waals surface area contributed by atoms with Crippen LogP contribution in [0.5, 0.6) is 0 Å². The zero-order valence-electron chi connectivity index (χ0n) is 9.40. The number of rotatable bonds is 1. The molecule has 0 saturated heterocycles. The van der Waals surface area contributed by atoms with Gasteiger partial charge >= 0.3 is 29.6 Å². The molecular formula is C12H11FNNaO. The minimum Gasteiger partial charge on any atom is -0.875 e. The van der Waals surface area contributed by atoms with E-state index < -0.39 is 0 Å². The number of aryl methyl sites for hydroxylation is 1. The van der Waals surface area contributed by atoms with Crippen LogP contribution in [0.25, 0.3) is 0 Å². The van der Waals surface area contributed by atoms with Crippen LogP contribution in [0.1, 0.15) is 23.6 Å². The van der Waals surface area contributed by atoms with Gasteiger partial charge in [0.15, 0.2) is 0 Å². The number of benzene rings is 1. The summed E-state index contributed by atoms with van der Waals surface area (Å²) in [5.41, 5.74) is 1.76. The first-order chi connectivity index (χ1) is 7.16. The largest absolute Gasteiger partial charge is 1.00 e. The van der Waals surface area contributed by atoms with Gasteiger partial charge in [-0.05, 0) is 36.6 Å². The Bertz CT molecular complexity index is 443. The van der Waals surface area contributed by atoms with Crippen molar-refractivity contribution in [3.8, 4) is 0 Å². The molecule has 0 N–H and O–H groups in total. The van der Waals surface area contributed by atoms with Gasteiger partial charge in [-0.1, -0.05) is 12.1 Å². The predicted octanol–water partition coefficient (Wildman–Crippen LogP) is -1.10. The molecular weight excluding hydrogens is 216 g/mol. The van der Waals surface area contributed by atoms with Crippen LogP contribution in [-0.4, -0.2) is 6.21 Å². The van der Waals surface area contributed by atoms with E-state index in [9.17, 15) is 9.50 Å². The Hall–Kier alpha value is -0.640. The maximum atomic E-state index is 12.9. The van der Waals surface area contributed by atoms with Crippen LogP contribution in [0.4, 0.5) is 4.39 Å². The Labute approximate surface area is 116 Å². The quantitative estimate of drug-likeness (QED) is 0.561. The zero-order valence-corrected chi connectivity index (χ0v) is 11.4. The molecule has 2 rings (SSSR count). The van der Waals surface area contributed by atoms with Crippen LogP contribution in [0, 0.1) is 12.7 Å². The van der Waals surface area contributed by atoms with E-state index in [0.29, 0.717) is 6.42 Å². The zero-order chi connectivity index (χ0) is 10.8. The summed E-state index contributed by atoms with van der Waals surface area (Å²) >= 11 is 0. The molecule has 0 radical (unpaired) electrons. The van der Waals surface area contributed by atoms with Gasteiger partial charge in [0.1, 0.15) is 5.82 Å². The Kier molecular flexibility index (Phi) is 4.71. The Balaban J connectivity index is 0.00000128. The number of halogens is 1. The van der Waals surface area contributed by atoms with Crippen molar-refractivity contribution in [2.24, 2.45) is 4.99 Å². The fourth-order valence-corrected chi connectivity index (χ4v) is 1.74. The fraction of sp³-hybridized carbons (Fsp3) is 0.250. The molecule has 0 spiro atoms. The van der Waals surface area contributed by atoms with E-state index in [-0.39, 0.29) is 47.2 Å². The Morgan fingerprint density at radius 3 is 2.81 bits per heavy atom. The van der Waals surface area contributed by atoms with Crippen LogP contribution >= 0.6 is 0 Å². The van der Waals surface area contributed by atoms with E-state index in [4.69, 9.17) is 0 Å². The number of dihydropyridines is 1. The van der Waals surface area contributed by atoms with Crippen molar-refractivity contribution < 1.29 is 39.1 Å². The van der Waals surface area contributed by atoms with Gasteiger partial charge in [-0.15, -0.1) is 5.76 Å². The van der Waals surface area contributed by atoms with Crippen molar-refractivity contribution >= 4 is 6.21 Å². The molecule has 0 fully saturated rings. The molecule has 1 aliphatic heterocycles. The van der Waals surface area contributed by atoms with Gasteiger partial charge in [0, 0.05) is 6.21 Å². The second-order valence-corrected chi connectivity index (χ2v) is 3.65. The minimum absolute atomic E-state index is 0. The minimum atomic E-state index is -0.256. The SMILES string of the molecule is Cc1cc(F)ccc1C1CC([O-])=CC=N1.[Na+]. The van der Waals surface area contributed by atoms with Gasteiger partial charge < -0.3 is 5.11 Å². The van der Waals surface area contributed by atoms with Crippen LogP contribution in [-0.2, 0) is 0 Å². The first kappa shape index (κ1) is 13.4. The average molecular weight is 227 g/mol. The molecule has 1 heterocycles. The molecule has 2 nitrogen and oxygen atoms in total. The predicted molar refractivity (Wildman–Crippen MR) is 55.1 cm³/mol. The van der Waals surface area contributed by atoms with E-state index in [1.54, 1.807) is 6.07 Å². The third kappa shape index (κ3) is 2.94. The van der Waals surface area contributed by atoms with Gasteiger partial charge in [-0.3, -0.25) is 4.99 Å². The number of hydrogen-bond donors (Lipinski definition) is 0. The van der Waals surface area contributed by atoms with Gasteiger partial charge in [0.25, 0.3) is 0 Å².